The number of carbonyl (C=O) groups excluding carboxylic acids is 2. The largest absolute Gasteiger partial charge is 0.495 e. The average Bonchev–Trinajstić information content (AvgIpc) is 2.78. The van der Waals surface area contributed by atoms with Gasteiger partial charge in [0, 0.05) is 24.7 Å². The molecule has 196 valence electrons. The molecule has 0 saturated heterocycles. The van der Waals surface area contributed by atoms with Crippen LogP contribution in [0, 0.1) is 17.0 Å². The Bertz CT molecular complexity index is 1230. The van der Waals surface area contributed by atoms with Gasteiger partial charge in [-0.2, -0.15) is 0 Å². The number of non-ortho nitro benzene ring substituents is 1. The summed E-state index contributed by atoms with van der Waals surface area (Å²) >= 11 is 0. The van der Waals surface area contributed by atoms with Gasteiger partial charge in [-0.15, -0.1) is 0 Å². The molecule has 0 radical (unpaired) electrons. The molecule has 0 aliphatic heterocycles. The number of nitro benzene ring substituents is 1. The molecule has 0 aromatic heterocycles. The molecular weight excluding hydrogens is 488 g/mol. The Morgan fingerprint density at radius 2 is 1.81 bits per heavy atom. The normalized spacial score (nSPS) is 12.1. The van der Waals surface area contributed by atoms with Gasteiger partial charge >= 0.3 is 0 Å². The summed E-state index contributed by atoms with van der Waals surface area (Å²) in [5.74, 6) is -1.03. The maximum atomic E-state index is 13.6. The Morgan fingerprint density at radius 3 is 2.33 bits per heavy atom. The van der Waals surface area contributed by atoms with Crippen molar-refractivity contribution in [2.75, 3.05) is 24.2 Å². The van der Waals surface area contributed by atoms with E-state index in [1.807, 2.05) is 25.1 Å². The highest BCUT2D eigenvalue weighted by molar-refractivity contribution is 7.92. The number of ether oxygens (including phenoxy) is 1. The predicted octanol–water partition coefficient (Wildman–Crippen LogP) is 2.62. The first-order valence-electron chi connectivity index (χ1n) is 11.2. The van der Waals surface area contributed by atoms with Gasteiger partial charge in [0.05, 0.1) is 18.3 Å². The Morgan fingerprint density at radius 1 is 1.14 bits per heavy atom. The zero-order chi connectivity index (χ0) is 27.2. The first kappa shape index (κ1) is 28.6. The van der Waals surface area contributed by atoms with Crippen molar-refractivity contribution in [3.63, 3.8) is 0 Å². The molecule has 11 nitrogen and oxygen atoms in total. The molecule has 2 rings (SSSR count). The zero-order valence-electron chi connectivity index (χ0n) is 21.2. The second-order valence-electron chi connectivity index (χ2n) is 8.73. The van der Waals surface area contributed by atoms with Gasteiger partial charge in [0.15, 0.2) is 0 Å². The third-order valence-electron chi connectivity index (χ3n) is 5.35. The maximum absolute atomic E-state index is 13.6. The number of nitro groups is 1. The summed E-state index contributed by atoms with van der Waals surface area (Å²) < 4.78 is 31.5. The zero-order valence-corrected chi connectivity index (χ0v) is 22.0. The number of rotatable bonds is 11. The number of methoxy groups -OCH3 is 1. The number of aryl methyl sites for hydroxylation is 1. The summed E-state index contributed by atoms with van der Waals surface area (Å²) in [5.41, 5.74) is 1.19. The number of sulfonamides is 1. The van der Waals surface area contributed by atoms with Gasteiger partial charge in [0.25, 0.3) is 5.69 Å². The molecule has 0 saturated carbocycles. The third-order valence-corrected chi connectivity index (χ3v) is 6.48. The van der Waals surface area contributed by atoms with Crippen LogP contribution in [-0.4, -0.2) is 62.0 Å². The molecule has 36 heavy (non-hydrogen) atoms. The van der Waals surface area contributed by atoms with E-state index < -0.39 is 39.3 Å². The third kappa shape index (κ3) is 7.41. The molecule has 0 unspecified atom stereocenters. The van der Waals surface area contributed by atoms with Crippen LogP contribution < -0.4 is 14.4 Å². The summed E-state index contributed by atoms with van der Waals surface area (Å²) in [5, 5.41) is 14.1. The second kappa shape index (κ2) is 11.8. The lowest BCUT2D eigenvalue weighted by atomic mass is 10.1. The van der Waals surface area contributed by atoms with Crippen molar-refractivity contribution in [2.24, 2.45) is 0 Å². The van der Waals surface area contributed by atoms with Crippen molar-refractivity contribution in [3.05, 3.63) is 63.7 Å². The van der Waals surface area contributed by atoms with Gasteiger partial charge in [-0.1, -0.05) is 29.8 Å². The minimum atomic E-state index is -4.08. The van der Waals surface area contributed by atoms with Gasteiger partial charge in [-0.3, -0.25) is 24.0 Å². The Balaban J connectivity index is 2.52. The van der Waals surface area contributed by atoms with E-state index in [1.165, 1.54) is 24.1 Å². The van der Waals surface area contributed by atoms with Crippen molar-refractivity contribution in [3.8, 4) is 5.75 Å². The fourth-order valence-electron chi connectivity index (χ4n) is 3.58. The van der Waals surface area contributed by atoms with Gasteiger partial charge < -0.3 is 15.0 Å². The average molecular weight is 521 g/mol. The van der Waals surface area contributed by atoms with E-state index in [1.54, 1.807) is 26.8 Å². The van der Waals surface area contributed by atoms with Crippen LogP contribution in [0.2, 0.25) is 0 Å². The summed E-state index contributed by atoms with van der Waals surface area (Å²) in [6.45, 7) is 6.39. The van der Waals surface area contributed by atoms with E-state index in [9.17, 15) is 28.1 Å². The molecule has 2 aromatic carbocycles. The molecule has 2 aromatic rings. The number of nitrogens with one attached hydrogen (secondary N) is 1. The van der Waals surface area contributed by atoms with Crippen molar-refractivity contribution >= 4 is 33.2 Å². The van der Waals surface area contributed by atoms with Crippen LogP contribution >= 0.6 is 0 Å². The molecule has 2 amide bonds. The van der Waals surface area contributed by atoms with Gasteiger partial charge in [-0.05, 0) is 39.3 Å². The minimum Gasteiger partial charge on any atom is -0.495 e. The van der Waals surface area contributed by atoms with E-state index in [0.29, 0.717) is 0 Å². The van der Waals surface area contributed by atoms with E-state index >= 15 is 0 Å². The molecule has 0 spiro atoms. The van der Waals surface area contributed by atoms with Gasteiger partial charge in [0.2, 0.25) is 21.8 Å². The van der Waals surface area contributed by atoms with Crippen LogP contribution in [0.4, 0.5) is 11.4 Å². The van der Waals surface area contributed by atoms with Crippen LogP contribution in [0.3, 0.4) is 0 Å². The van der Waals surface area contributed by atoms with Gasteiger partial charge in [-0.25, -0.2) is 8.42 Å². The monoisotopic (exact) mass is 520 g/mol. The van der Waals surface area contributed by atoms with Crippen LogP contribution in [0.1, 0.15) is 31.9 Å². The fraction of sp³-hybridized carbons (Fsp3) is 0.417. The van der Waals surface area contributed by atoms with Crippen molar-refractivity contribution in [1.82, 2.24) is 10.2 Å². The summed E-state index contributed by atoms with van der Waals surface area (Å²) in [6.07, 6.45) is 0.887. The van der Waals surface area contributed by atoms with Crippen LogP contribution in [-0.2, 0) is 26.2 Å². The summed E-state index contributed by atoms with van der Waals surface area (Å²) in [4.78, 5) is 38.3. The number of nitrogens with zero attached hydrogens (tertiary/aromatic N) is 3. The quantitative estimate of drug-likeness (QED) is 0.355. The molecule has 1 atom stereocenters. The number of hydrogen-bond donors (Lipinski definition) is 1. The SMILES string of the molecule is COc1ccc([N+](=O)[O-])cc1N(CC(=O)N(Cc1cccc(C)c1)[C@@H](C)C(=O)NC(C)C)S(C)(=O)=O. The molecule has 0 aliphatic rings. The lowest BCUT2D eigenvalue weighted by Gasteiger charge is -2.32. The van der Waals surface area contributed by atoms with Crippen molar-refractivity contribution < 1.29 is 27.7 Å². The van der Waals surface area contributed by atoms with Crippen molar-refractivity contribution in [2.45, 2.75) is 46.3 Å². The molecule has 0 heterocycles. The first-order valence-corrected chi connectivity index (χ1v) is 13.0. The van der Waals surface area contributed by atoms with E-state index in [-0.39, 0.29) is 29.7 Å². The van der Waals surface area contributed by atoms with E-state index in [4.69, 9.17) is 4.74 Å². The van der Waals surface area contributed by atoms with Crippen LogP contribution in [0.5, 0.6) is 5.75 Å². The Labute approximate surface area is 211 Å². The fourth-order valence-corrected chi connectivity index (χ4v) is 4.42. The summed E-state index contributed by atoms with van der Waals surface area (Å²) in [6, 6.07) is 9.77. The highest BCUT2D eigenvalue weighted by Crippen LogP contribution is 2.33. The number of amides is 2. The molecule has 1 N–H and O–H groups in total. The summed E-state index contributed by atoms with van der Waals surface area (Å²) in [7, 11) is -2.80. The molecule has 0 bridgehead atoms. The van der Waals surface area contributed by atoms with Crippen LogP contribution in [0.25, 0.3) is 0 Å². The standard InChI is InChI=1S/C24H32N4O7S/c1-16(2)25-24(30)18(4)26(14-19-9-7-8-17(3)12-19)23(29)15-27(36(6,33)34)21-13-20(28(31)32)10-11-22(21)35-5/h7-13,16,18H,14-15H2,1-6H3,(H,25,30)/t18-/m0/s1. The molecule has 0 fully saturated rings. The van der Waals surface area contributed by atoms with Crippen LogP contribution in [0.15, 0.2) is 42.5 Å². The topological polar surface area (TPSA) is 139 Å². The number of anilines is 1. The lowest BCUT2D eigenvalue weighted by Crippen LogP contribution is -2.52. The highest BCUT2D eigenvalue weighted by Gasteiger charge is 2.32. The van der Waals surface area contributed by atoms with E-state index in [0.717, 1.165) is 27.8 Å². The number of carbonyl (C=O) groups is 2. The van der Waals surface area contributed by atoms with Crippen molar-refractivity contribution in [1.29, 1.82) is 0 Å². The number of benzene rings is 2. The molecule has 0 aliphatic carbocycles. The molecule has 12 heteroatoms. The minimum absolute atomic E-state index is 0.0367. The maximum Gasteiger partial charge on any atom is 0.271 e. The van der Waals surface area contributed by atoms with Gasteiger partial charge in [0.1, 0.15) is 24.0 Å². The first-order chi connectivity index (χ1) is 16.7. The lowest BCUT2D eigenvalue weighted by molar-refractivity contribution is -0.384. The smallest absolute Gasteiger partial charge is 0.271 e. The Kier molecular flexibility index (Phi) is 9.40. The van der Waals surface area contributed by atoms with E-state index in [2.05, 4.69) is 5.32 Å². The highest BCUT2D eigenvalue weighted by atomic mass is 32.2. The molecular formula is C24H32N4O7S. The second-order valence-corrected chi connectivity index (χ2v) is 10.6. The Hall–Kier alpha value is -3.67. The predicted molar refractivity (Wildman–Crippen MR) is 136 cm³/mol. The number of hydrogen-bond acceptors (Lipinski definition) is 7.